The second-order valence-electron chi connectivity index (χ2n) is 3.84. The Kier molecular flexibility index (Phi) is 2.91. The molecule has 1 aromatic rings. The number of H-pyrrole nitrogens is 1. The van der Waals surface area contributed by atoms with Crippen molar-refractivity contribution in [3.8, 4) is 0 Å². The van der Waals surface area contributed by atoms with Crippen molar-refractivity contribution in [2.24, 2.45) is 0 Å². The summed E-state index contributed by atoms with van der Waals surface area (Å²) in [5.74, 6) is -0.117. The van der Waals surface area contributed by atoms with Crippen LogP contribution < -0.4 is 11.2 Å². The molecule has 0 saturated carbocycles. The second kappa shape index (κ2) is 4.35. The predicted molar refractivity (Wildman–Crippen MR) is 58.1 cm³/mol. The van der Waals surface area contributed by atoms with Gasteiger partial charge in [0.05, 0.1) is 0 Å². The number of carbonyl (C=O) groups excluding carboxylic acids is 1. The SMILES string of the molecule is Nc1c[nH]c(C(=O)NN2CCCCC2)c1. The summed E-state index contributed by atoms with van der Waals surface area (Å²) in [7, 11) is 0. The summed E-state index contributed by atoms with van der Waals surface area (Å²) < 4.78 is 0. The third kappa shape index (κ3) is 2.50. The van der Waals surface area contributed by atoms with Crippen LogP contribution in [0.5, 0.6) is 0 Å². The predicted octanol–water partition coefficient (Wildman–Crippen LogP) is 0.728. The minimum atomic E-state index is -0.117. The van der Waals surface area contributed by atoms with Gasteiger partial charge in [-0.05, 0) is 18.9 Å². The van der Waals surface area contributed by atoms with Crippen molar-refractivity contribution >= 4 is 11.6 Å². The van der Waals surface area contributed by atoms with Gasteiger partial charge in [-0.1, -0.05) is 6.42 Å². The van der Waals surface area contributed by atoms with Gasteiger partial charge in [-0.2, -0.15) is 0 Å². The minimum absolute atomic E-state index is 0.117. The number of amides is 1. The lowest BCUT2D eigenvalue weighted by atomic mass is 10.2. The smallest absolute Gasteiger partial charge is 0.282 e. The van der Waals surface area contributed by atoms with Gasteiger partial charge >= 0.3 is 0 Å². The highest BCUT2D eigenvalue weighted by molar-refractivity contribution is 5.93. The van der Waals surface area contributed by atoms with Crippen LogP contribution in [0.15, 0.2) is 12.3 Å². The number of nitrogens with two attached hydrogens (primary N) is 1. The molecule has 1 saturated heterocycles. The van der Waals surface area contributed by atoms with E-state index in [0.717, 1.165) is 25.9 Å². The van der Waals surface area contributed by atoms with Gasteiger partial charge < -0.3 is 10.7 Å². The highest BCUT2D eigenvalue weighted by atomic mass is 16.2. The largest absolute Gasteiger partial charge is 0.397 e. The maximum absolute atomic E-state index is 11.7. The van der Waals surface area contributed by atoms with Gasteiger partial charge in [0.15, 0.2) is 0 Å². The molecule has 82 valence electrons. The molecular formula is C10H16N4O. The first-order valence-electron chi connectivity index (χ1n) is 5.25. The van der Waals surface area contributed by atoms with E-state index in [1.807, 2.05) is 5.01 Å². The zero-order valence-electron chi connectivity index (χ0n) is 8.62. The number of carbonyl (C=O) groups is 1. The average Bonchev–Trinajstić information content (AvgIpc) is 2.66. The molecule has 0 unspecified atom stereocenters. The van der Waals surface area contributed by atoms with Crippen molar-refractivity contribution in [2.75, 3.05) is 18.8 Å². The molecule has 1 aromatic heterocycles. The number of aromatic amines is 1. The van der Waals surface area contributed by atoms with Gasteiger partial charge in [-0.3, -0.25) is 10.2 Å². The van der Waals surface area contributed by atoms with Crippen LogP contribution in [-0.4, -0.2) is 29.0 Å². The Labute approximate surface area is 88.6 Å². The van der Waals surface area contributed by atoms with E-state index in [4.69, 9.17) is 5.73 Å². The number of rotatable bonds is 2. The molecule has 2 heterocycles. The fraction of sp³-hybridized carbons (Fsp3) is 0.500. The van der Waals surface area contributed by atoms with Gasteiger partial charge in [-0.15, -0.1) is 0 Å². The molecule has 1 fully saturated rings. The van der Waals surface area contributed by atoms with Crippen LogP contribution in [0.2, 0.25) is 0 Å². The maximum Gasteiger partial charge on any atom is 0.282 e. The molecule has 1 aliphatic heterocycles. The summed E-state index contributed by atoms with van der Waals surface area (Å²) in [6.45, 7) is 1.86. The Bertz CT molecular complexity index is 341. The molecular weight excluding hydrogens is 192 g/mol. The van der Waals surface area contributed by atoms with E-state index in [0.29, 0.717) is 11.4 Å². The minimum Gasteiger partial charge on any atom is -0.397 e. The first-order valence-corrected chi connectivity index (χ1v) is 5.25. The summed E-state index contributed by atoms with van der Waals surface area (Å²) in [5.41, 5.74) is 9.48. The van der Waals surface area contributed by atoms with Gasteiger partial charge in [-0.25, -0.2) is 5.01 Å². The number of aromatic nitrogens is 1. The summed E-state index contributed by atoms with van der Waals surface area (Å²) in [5, 5.41) is 1.96. The van der Waals surface area contributed by atoms with Gasteiger partial charge in [0.25, 0.3) is 5.91 Å². The fourth-order valence-electron chi connectivity index (χ4n) is 1.75. The molecule has 2 rings (SSSR count). The Morgan fingerprint density at radius 2 is 2.13 bits per heavy atom. The zero-order valence-corrected chi connectivity index (χ0v) is 8.62. The van der Waals surface area contributed by atoms with Crippen molar-refractivity contribution in [1.29, 1.82) is 0 Å². The fourth-order valence-corrected chi connectivity index (χ4v) is 1.75. The molecule has 0 radical (unpaired) electrons. The topological polar surface area (TPSA) is 74.1 Å². The molecule has 0 bridgehead atoms. The number of hydrogen-bond donors (Lipinski definition) is 3. The van der Waals surface area contributed by atoms with Gasteiger partial charge in [0.2, 0.25) is 0 Å². The monoisotopic (exact) mass is 208 g/mol. The van der Waals surface area contributed by atoms with Crippen molar-refractivity contribution < 1.29 is 4.79 Å². The van der Waals surface area contributed by atoms with E-state index in [9.17, 15) is 4.79 Å². The third-order valence-electron chi connectivity index (χ3n) is 2.57. The number of hydrogen-bond acceptors (Lipinski definition) is 3. The molecule has 0 atom stereocenters. The van der Waals surface area contributed by atoms with Crippen LogP contribution >= 0.6 is 0 Å². The summed E-state index contributed by atoms with van der Waals surface area (Å²) in [6.07, 6.45) is 5.16. The Morgan fingerprint density at radius 3 is 2.73 bits per heavy atom. The van der Waals surface area contributed by atoms with E-state index in [-0.39, 0.29) is 5.91 Å². The lowest BCUT2D eigenvalue weighted by Gasteiger charge is -2.26. The number of anilines is 1. The van der Waals surface area contributed by atoms with Crippen LogP contribution in [0.4, 0.5) is 5.69 Å². The Hall–Kier alpha value is -1.49. The van der Waals surface area contributed by atoms with Gasteiger partial charge in [0.1, 0.15) is 5.69 Å². The maximum atomic E-state index is 11.7. The highest BCUT2D eigenvalue weighted by Gasteiger charge is 2.14. The van der Waals surface area contributed by atoms with E-state index in [2.05, 4.69) is 10.4 Å². The molecule has 4 N–H and O–H groups in total. The number of piperidine rings is 1. The van der Waals surface area contributed by atoms with Crippen molar-refractivity contribution in [3.05, 3.63) is 18.0 Å². The van der Waals surface area contributed by atoms with E-state index < -0.39 is 0 Å². The molecule has 0 aliphatic carbocycles. The molecule has 15 heavy (non-hydrogen) atoms. The van der Waals surface area contributed by atoms with E-state index >= 15 is 0 Å². The normalized spacial score (nSPS) is 17.6. The van der Waals surface area contributed by atoms with E-state index in [1.54, 1.807) is 12.3 Å². The number of nitrogens with zero attached hydrogens (tertiary/aromatic N) is 1. The van der Waals surface area contributed by atoms with Crippen LogP contribution in [0.25, 0.3) is 0 Å². The zero-order chi connectivity index (χ0) is 10.7. The van der Waals surface area contributed by atoms with Crippen molar-refractivity contribution in [3.63, 3.8) is 0 Å². The number of nitrogens with one attached hydrogen (secondary N) is 2. The molecule has 5 heteroatoms. The van der Waals surface area contributed by atoms with Crippen LogP contribution in [0.1, 0.15) is 29.8 Å². The van der Waals surface area contributed by atoms with Crippen LogP contribution in [0.3, 0.4) is 0 Å². The van der Waals surface area contributed by atoms with Gasteiger partial charge in [0, 0.05) is 25.0 Å². The molecule has 1 aliphatic rings. The Balaban J connectivity index is 1.91. The molecule has 1 amide bonds. The highest BCUT2D eigenvalue weighted by Crippen LogP contribution is 2.08. The van der Waals surface area contributed by atoms with Crippen molar-refractivity contribution in [1.82, 2.24) is 15.4 Å². The van der Waals surface area contributed by atoms with Crippen LogP contribution in [-0.2, 0) is 0 Å². The summed E-state index contributed by atoms with van der Waals surface area (Å²) in [4.78, 5) is 14.5. The quantitative estimate of drug-likeness (QED) is 0.670. The number of nitrogen functional groups attached to an aromatic ring is 1. The first kappa shape index (κ1) is 10.0. The number of hydrazine groups is 1. The summed E-state index contributed by atoms with van der Waals surface area (Å²) >= 11 is 0. The first-order chi connectivity index (χ1) is 7.25. The molecule has 0 spiro atoms. The molecule has 5 nitrogen and oxygen atoms in total. The molecule has 0 aromatic carbocycles. The van der Waals surface area contributed by atoms with E-state index in [1.165, 1.54) is 6.42 Å². The second-order valence-corrected chi connectivity index (χ2v) is 3.84. The average molecular weight is 208 g/mol. The summed E-state index contributed by atoms with van der Waals surface area (Å²) in [6, 6.07) is 1.64. The van der Waals surface area contributed by atoms with Crippen molar-refractivity contribution in [2.45, 2.75) is 19.3 Å². The third-order valence-corrected chi connectivity index (χ3v) is 2.57. The lowest BCUT2D eigenvalue weighted by Crippen LogP contribution is -2.45. The standard InChI is InChI=1S/C10H16N4O/c11-8-6-9(12-7-8)10(15)13-14-4-2-1-3-5-14/h6-7,12H,1-5,11H2,(H,13,15). The Morgan fingerprint density at radius 1 is 1.40 bits per heavy atom. The van der Waals surface area contributed by atoms with Crippen LogP contribution in [0, 0.1) is 0 Å². The lowest BCUT2D eigenvalue weighted by molar-refractivity contribution is 0.0745.